The molecule has 1 aromatic rings. The number of nitrogens with zero attached hydrogens (tertiary/aromatic N) is 1. The number of carbonyl (C=O) groups excluding carboxylic acids is 1. The molecule has 0 saturated heterocycles. The molecule has 0 aliphatic rings. The highest BCUT2D eigenvalue weighted by Gasteiger charge is 2.09. The number of ketones is 1. The topological polar surface area (TPSA) is 55.6 Å². The summed E-state index contributed by atoms with van der Waals surface area (Å²) < 4.78 is 5.11. The number of hydrogen-bond acceptors (Lipinski definition) is 4. The number of ether oxygens (including phenoxy) is 1. The van der Waals surface area contributed by atoms with Gasteiger partial charge in [0.15, 0.2) is 5.78 Å². The van der Waals surface area contributed by atoms with Crippen LogP contribution in [0, 0.1) is 0 Å². The maximum atomic E-state index is 11.8. The molecule has 0 spiro atoms. The van der Waals surface area contributed by atoms with Gasteiger partial charge < -0.3 is 15.4 Å². The molecule has 0 fully saturated rings. The average Bonchev–Trinajstić information content (AvgIpc) is 2.25. The predicted octanol–water partition coefficient (Wildman–Crippen LogP) is 1.54. The second-order valence-corrected chi connectivity index (χ2v) is 3.60. The van der Waals surface area contributed by atoms with Gasteiger partial charge in [0, 0.05) is 38.1 Å². The Bertz CT molecular complexity index is 411. The van der Waals surface area contributed by atoms with Crippen LogP contribution in [0.15, 0.2) is 30.5 Å². The summed E-state index contributed by atoms with van der Waals surface area (Å²) in [6, 6.07) is 4.98. The number of allylic oxidation sites excluding steroid dienone is 1. The predicted molar refractivity (Wildman–Crippen MR) is 64.6 cm³/mol. The molecule has 0 bridgehead atoms. The van der Waals surface area contributed by atoms with Crippen LogP contribution in [-0.4, -0.2) is 31.9 Å². The molecule has 0 aliphatic carbocycles. The van der Waals surface area contributed by atoms with Crippen LogP contribution in [-0.2, 0) is 0 Å². The van der Waals surface area contributed by atoms with Gasteiger partial charge in [0.2, 0.25) is 0 Å². The van der Waals surface area contributed by atoms with Crippen molar-refractivity contribution in [1.29, 1.82) is 0 Å². The molecule has 0 aliphatic heterocycles. The number of carbonyl (C=O) groups is 1. The van der Waals surface area contributed by atoms with Crippen LogP contribution in [0.25, 0.3) is 0 Å². The zero-order valence-corrected chi connectivity index (χ0v) is 9.73. The zero-order valence-electron chi connectivity index (χ0n) is 9.73. The normalized spacial score (nSPS) is 10.4. The van der Waals surface area contributed by atoms with Crippen LogP contribution in [0.4, 0.5) is 5.69 Å². The molecule has 86 valence electrons. The second kappa shape index (κ2) is 5.21. The van der Waals surface area contributed by atoms with Gasteiger partial charge >= 0.3 is 0 Å². The summed E-state index contributed by atoms with van der Waals surface area (Å²) in [6.07, 6.45) is 3.19. The van der Waals surface area contributed by atoms with E-state index >= 15 is 0 Å². The largest absolute Gasteiger partial charge is 0.496 e. The van der Waals surface area contributed by atoms with Gasteiger partial charge in [0.25, 0.3) is 0 Å². The average molecular weight is 220 g/mol. The summed E-state index contributed by atoms with van der Waals surface area (Å²) in [6.45, 7) is 0. The van der Waals surface area contributed by atoms with Crippen molar-refractivity contribution in [2.24, 2.45) is 0 Å². The van der Waals surface area contributed by atoms with Crippen LogP contribution in [0.3, 0.4) is 0 Å². The third-order valence-corrected chi connectivity index (χ3v) is 2.02. The second-order valence-electron chi connectivity index (χ2n) is 3.60. The van der Waals surface area contributed by atoms with E-state index in [0.717, 1.165) is 0 Å². The molecule has 0 atom stereocenters. The molecular formula is C12H16N2O2. The van der Waals surface area contributed by atoms with Crippen molar-refractivity contribution in [2.75, 3.05) is 26.9 Å². The van der Waals surface area contributed by atoms with Gasteiger partial charge in [0.1, 0.15) is 5.75 Å². The highest BCUT2D eigenvalue weighted by molar-refractivity contribution is 6.06. The minimum atomic E-state index is -0.106. The van der Waals surface area contributed by atoms with Crippen molar-refractivity contribution >= 4 is 11.5 Å². The Morgan fingerprint density at radius 3 is 2.69 bits per heavy atom. The maximum absolute atomic E-state index is 11.8. The Morgan fingerprint density at radius 1 is 1.44 bits per heavy atom. The molecule has 16 heavy (non-hydrogen) atoms. The van der Waals surface area contributed by atoms with Crippen LogP contribution >= 0.6 is 0 Å². The fraction of sp³-hybridized carbons (Fsp3) is 0.250. The van der Waals surface area contributed by atoms with Crippen molar-refractivity contribution in [1.82, 2.24) is 4.90 Å². The van der Waals surface area contributed by atoms with E-state index in [-0.39, 0.29) is 5.78 Å². The molecule has 2 N–H and O–H groups in total. The van der Waals surface area contributed by atoms with Gasteiger partial charge in [-0.3, -0.25) is 4.79 Å². The standard InChI is InChI=1S/C12H16N2O2/c1-14(2)7-6-11(15)10-5-4-9(13)8-12(10)16-3/h4-8H,13H2,1-3H3/b7-6+. The third kappa shape index (κ3) is 3.02. The lowest BCUT2D eigenvalue weighted by atomic mass is 10.1. The van der Waals surface area contributed by atoms with Gasteiger partial charge in [0.05, 0.1) is 12.7 Å². The van der Waals surface area contributed by atoms with Crippen molar-refractivity contribution < 1.29 is 9.53 Å². The van der Waals surface area contributed by atoms with Crippen molar-refractivity contribution in [2.45, 2.75) is 0 Å². The lowest BCUT2D eigenvalue weighted by Crippen LogP contribution is -2.04. The van der Waals surface area contributed by atoms with Crippen molar-refractivity contribution in [3.8, 4) is 5.75 Å². The van der Waals surface area contributed by atoms with Gasteiger partial charge in [-0.1, -0.05) is 0 Å². The van der Waals surface area contributed by atoms with Gasteiger partial charge in [-0.2, -0.15) is 0 Å². The molecule has 1 rings (SSSR count). The monoisotopic (exact) mass is 220 g/mol. The smallest absolute Gasteiger partial charge is 0.191 e. The van der Waals surface area contributed by atoms with Gasteiger partial charge in [-0.15, -0.1) is 0 Å². The number of nitrogen functional groups attached to an aromatic ring is 1. The number of methoxy groups -OCH3 is 1. The zero-order chi connectivity index (χ0) is 12.1. The van der Waals surface area contributed by atoms with E-state index in [2.05, 4.69) is 0 Å². The third-order valence-electron chi connectivity index (χ3n) is 2.02. The molecule has 0 saturated carbocycles. The fourth-order valence-corrected chi connectivity index (χ4v) is 1.22. The number of benzene rings is 1. The summed E-state index contributed by atoms with van der Waals surface area (Å²) >= 11 is 0. The van der Waals surface area contributed by atoms with Gasteiger partial charge in [-0.25, -0.2) is 0 Å². The van der Waals surface area contributed by atoms with E-state index in [0.29, 0.717) is 17.0 Å². The molecule has 0 aromatic heterocycles. The summed E-state index contributed by atoms with van der Waals surface area (Å²) in [5, 5.41) is 0. The summed E-state index contributed by atoms with van der Waals surface area (Å²) in [5.41, 5.74) is 6.69. The number of rotatable bonds is 4. The Kier molecular flexibility index (Phi) is 3.94. The SMILES string of the molecule is COc1cc(N)ccc1C(=O)/C=C/N(C)C. The molecular weight excluding hydrogens is 204 g/mol. The van der Waals surface area contributed by atoms with Crippen LogP contribution < -0.4 is 10.5 Å². The Hall–Kier alpha value is -1.97. The Morgan fingerprint density at radius 2 is 2.12 bits per heavy atom. The first-order valence-corrected chi connectivity index (χ1v) is 4.87. The van der Waals surface area contributed by atoms with Crippen molar-refractivity contribution in [3.05, 3.63) is 36.0 Å². The molecule has 0 radical (unpaired) electrons. The van der Waals surface area contributed by atoms with Crippen LogP contribution in [0.5, 0.6) is 5.75 Å². The van der Waals surface area contributed by atoms with E-state index in [1.807, 2.05) is 14.1 Å². The maximum Gasteiger partial charge on any atom is 0.191 e. The number of anilines is 1. The molecule has 4 nitrogen and oxygen atoms in total. The molecule has 4 heteroatoms. The Balaban J connectivity index is 2.99. The fourth-order valence-electron chi connectivity index (χ4n) is 1.22. The number of hydrogen-bond donors (Lipinski definition) is 1. The first kappa shape index (κ1) is 12.1. The molecule has 1 aromatic carbocycles. The lowest BCUT2D eigenvalue weighted by molar-refractivity contribution is 0.104. The van der Waals surface area contributed by atoms with Crippen LogP contribution in [0.1, 0.15) is 10.4 Å². The number of nitrogens with two attached hydrogens (primary N) is 1. The molecule has 0 heterocycles. The minimum Gasteiger partial charge on any atom is -0.496 e. The first-order valence-electron chi connectivity index (χ1n) is 4.87. The highest BCUT2D eigenvalue weighted by Crippen LogP contribution is 2.22. The van der Waals surface area contributed by atoms with E-state index < -0.39 is 0 Å². The van der Waals surface area contributed by atoms with Crippen molar-refractivity contribution in [3.63, 3.8) is 0 Å². The Labute approximate surface area is 95.3 Å². The van der Waals surface area contributed by atoms with E-state index in [1.165, 1.54) is 13.2 Å². The minimum absolute atomic E-state index is 0.106. The van der Waals surface area contributed by atoms with E-state index in [4.69, 9.17) is 10.5 Å². The molecule has 0 amide bonds. The summed E-state index contributed by atoms with van der Waals surface area (Å²) in [4.78, 5) is 13.6. The molecule has 0 unspecified atom stereocenters. The highest BCUT2D eigenvalue weighted by atomic mass is 16.5. The summed E-state index contributed by atoms with van der Waals surface area (Å²) in [5.74, 6) is 0.388. The summed E-state index contributed by atoms with van der Waals surface area (Å²) in [7, 11) is 5.22. The first-order chi connectivity index (χ1) is 7.54. The van der Waals surface area contributed by atoms with Crippen LogP contribution in [0.2, 0.25) is 0 Å². The van der Waals surface area contributed by atoms with Gasteiger partial charge in [-0.05, 0) is 12.1 Å². The lowest BCUT2D eigenvalue weighted by Gasteiger charge is -2.07. The van der Waals surface area contributed by atoms with E-state index in [9.17, 15) is 4.79 Å². The quantitative estimate of drug-likeness (QED) is 0.475. The van der Waals surface area contributed by atoms with E-state index in [1.54, 1.807) is 29.3 Å².